The average molecular weight is 288 g/mol. The molecule has 0 saturated heterocycles. The lowest BCUT2D eigenvalue weighted by Gasteiger charge is -2.06. The fourth-order valence-corrected chi connectivity index (χ4v) is 1.72. The predicted molar refractivity (Wildman–Crippen MR) is 58.2 cm³/mol. The zero-order chi connectivity index (χ0) is 9.26. The van der Waals surface area contributed by atoms with E-state index < -0.39 is 0 Å². The molecule has 0 atom stereocenters. The van der Waals surface area contributed by atoms with E-state index in [0.29, 0.717) is 11.7 Å². The second-order valence-electron chi connectivity index (χ2n) is 3.12. The second-order valence-corrected chi connectivity index (χ2v) is 4.29. The highest BCUT2D eigenvalue weighted by molar-refractivity contribution is 14.1. The Hall–Kier alpha value is -0.580. The van der Waals surface area contributed by atoms with Crippen molar-refractivity contribution in [1.82, 2.24) is 0 Å². The van der Waals surface area contributed by atoms with Crippen LogP contribution in [0.1, 0.15) is 23.2 Å². The standard InChI is InChI=1S/C10H9IO2/c11-9-5-7(6-12)1-4-10(9)13-8-2-3-8/h1,4-6,8H,2-3H2. The highest BCUT2D eigenvalue weighted by Crippen LogP contribution is 2.30. The number of carbonyl (C=O) groups is 1. The molecule has 3 heteroatoms. The SMILES string of the molecule is O=Cc1ccc(OC2CC2)c(I)c1. The van der Waals surface area contributed by atoms with Crippen molar-refractivity contribution < 1.29 is 9.53 Å². The van der Waals surface area contributed by atoms with E-state index in [1.165, 1.54) is 0 Å². The maximum atomic E-state index is 10.5. The number of rotatable bonds is 3. The molecular formula is C10H9IO2. The van der Waals surface area contributed by atoms with Crippen LogP contribution in [0.2, 0.25) is 0 Å². The largest absolute Gasteiger partial charge is 0.489 e. The van der Waals surface area contributed by atoms with Crippen molar-refractivity contribution in [2.45, 2.75) is 18.9 Å². The lowest BCUT2D eigenvalue weighted by molar-refractivity contribution is 0.112. The summed E-state index contributed by atoms with van der Waals surface area (Å²) < 4.78 is 6.64. The van der Waals surface area contributed by atoms with Crippen molar-refractivity contribution in [1.29, 1.82) is 0 Å². The summed E-state index contributed by atoms with van der Waals surface area (Å²) in [4.78, 5) is 10.5. The van der Waals surface area contributed by atoms with Gasteiger partial charge in [-0.25, -0.2) is 0 Å². The number of benzene rings is 1. The minimum Gasteiger partial charge on any atom is -0.489 e. The van der Waals surface area contributed by atoms with E-state index >= 15 is 0 Å². The van der Waals surface area contributed by atoms with Crippen LogP contribution < -0.4 is 4.74 Å². The van der Waals surface area contributed by atoms with Gasteiger partial charge in [-0.2, -0.15) is 0 Å². The van der Waals surface area contributed by atoms with Crippen LogP contribution in [-0.4, -0.2) is 12.4 Å². The van der Waals surface area contributed by atoms with E-state index in [-0.39, 0.29) is 0 Å². The molecule has 0 aromatic heterocycles. The zero-order valence-corrected chi connectivity index (χ0v) is 9.15. The van der Waals surface area contributed by atoms with Crippen LogP contribution in [0, 0.1) is 3.57 Å². The summed E-state index contributed by atoms with van der Waals surface area (Å²) >= 11 is 2.19. The van der Waals surface area contributed by atoms with Gasteiger partial charge in [0.05, 0.1) is 9.67 Å². The summed E-state index contributed by atoms with van der Waals surface area (Å²) in [7, 11) is 0. The van der Waals surface area contributed by atoms with Crippen molar-refractivity contribution in [3.8, 4) is 5.75 Å². The first-order valence-electron chi connectivity index (χ1n) is 4.21. The third kappa shape index (κ3) is 2.21. The molecule has 0 aliphatic heterocycles. The fourth-order valence-electron chi connectivity index (χ4n) is 1.05. The van der Waals surface area contributed by atoms with Gasteiger partial charge in [-0.15, -0.1) is 0 Å². The third-order valence-electron chi connectivity index (χ3n) is 1.91. The smallest absolute Gasteiger partial charge is 0.150 e. The molecule has 0 radical (unpaired) electrons. The molecule has 68 valence electrons. The van der Waals surface area contributed by atoms with Crippen LogP contribution in [0.3, 0.4) is 0 Å². The summed E-state index contributed by atoms with van der Waals surface area (Å²) in [6.07, 6.45) is 3.58. The van der Waals surface area contributed by atoms with E-state index in [9.17, 15) is 4.79 Å². The molecule has 13 heavy (non-hydrogen) atoms. The topological polar surface area (TPSA) is 26.3 Å². The van der Waals surface area contributed by atoms with Crippen LogP contribution in [0.15, 0.2) is 18.2 Å². The Bertz CT molecular complexity index is 332. The molecule has 2 rings (SSSR count). The molecule has 0 heterocycles. The number of aldehydes is 1. The Morgan fingerprint density at radius 3 is 2.77 bits per heavy atom. The van der Waals surface area contributed by atoms with Crippen LogP contribution in [-0.2, 0) is 0 Å². The second kappa shape index (κ2) is 3.65. The first-order valence-corrected chi connectivity index (χ1v) is 5.29. The normalized spacial score (nSPS) is 15.5. The van der Waals surface area contributed by atoms with E-state index in [4.69, 9.17) is 4.74 Å². The molecular weight excluding hydrogens is 279 g/mol. The summed E-state index contributed by atoms with van der Waals surface area (Å²) in [6.45, 7) is 0. The Morgan fingerprint density at radius 2 is 2.23 bits per heavy atom. The van der Waals surface area contributed by atoms with Gasteiger partial charge in [0.15, 0.2) is 0 Å². The van der Waals surface area contributed by atoms with E-state index in [1.807, 2.05) is 12.1 Å². The monoisotopic (exact) mass is 288 g/mol. The Labute approximate surface area is 90.4 Å². The van der Waals surface area contributed by atoms with Crippen LogP contribution in [0.5, 0.6) is 5.75 Å². The van der Waals surface area contributed by atoms with Gasteiger partial charge >= 0.3 is 0 Å². The quantitative estimate of drug-likeness (QED) is 0.631. The van der Waals surface area contributed by atoms with Crippen molar-refractivity contribution in [2.24, 2.45) is 0 Å². The van der Waals surface area contributed by atoms with Gasteiger partial charge in [0.1, 0.15) is 12.0 Å². The highest BCUT2D eigenvalue weighted by Gasteiger charge is 2.24. The molecule has 1 saturated carbocycles. The van der Waals surface area contributed by atoms with Gasteiger partial charge in [0, 0.05) is 5.56 Å². The van der Waals surface area contributed by atoms with Gasteiger partial charge in [0.25, 0.3) is 0 Å². The summed E-state index contributed by atoms with van der Waals surface area (Å²) in [5.74, 6) is 0.897. The summed E-state index contributed by atoms with van der Waals surface area (Å²) in [6, 6.07) is 5.49. The fraction of sp³-hybridized carbons (Fsp3) is 0.300. The van der Waals surface area contributed by atoms with Crippen LogP contribution >= 0.6 is 22.6 Å². The van der Waals surface area contributed by atoms with Crippen LogP contribution in [0.25, 0.3) is 0 Å². The molecule has 0 bridgehead atoms. The first-order chi connectivity index (χ1) is 6.29. The van der Waals surface area contributed by atoms with Gasteiger partial charge in [-0.05, 0) is 53.6 Å². The summed E-state index contributed by atoms with van der Waals surface area (Å²) in [5, 5.41) is 0. The van der Waals surface area contributed by atoms with Gasteiger partial charge < -0.3 is 4.74 Å². The average Bonchev–Trinajstić information content (AvgIpc) is 2.92. The molecule has 1 fully saturated rings. The van der Waals surface area contributed by atoms with Crippen molar-refractivity contribution in [2.75, 3.05) is 0 Å². The Kier molecular flexibility index (Phi) is 2.53. The number of ether oxygens (including phenoxy) is 1. The minimum absolute atomic E-state index is 0.413. The number of hydrogen-bond donors (Lipinski definition) is 0. The van der Waals surface area contributed by atoms with Crippen molar-refractivity contribution in [3.63, 3.8) is 0 Å². The van der Waals surface area contributed by atoms with Gasteiger partial charge in [0.2, 0.25) is 0 Å². The minimum atomic E-state index is 0.413. The first kappa shape index (κ1) is 8.99. The Morgan fingerprint density at radius 1 is 1.46 bits per heavy atom. The molecule has 0 unspecified atom stereocenters. The maximum Gasteiger partial charge on any atom is 0.150 e. The maximum absolute atomic E-state index is 10.5. The Balaban J connectivity index is 2.20. The molecule has 1 aliphatic rings. The lowest BCUT2D eigenvalue weighted by atomic mass is 10.2. The predicted octanol–water partition coefficient (Wildman–Crippen LogP) is 2.64. The van der Waals surface area contributed by atoms with Crippen molar-refractivity contribution in [3.05, 3.63) is 27.3 Å². The molecule has 1 aromatic carbocycles. The highest BCUT2D eigenvalue weighted by atomic mass is 127. The number of carbonyl (C=O) groups excluding carboxylic acids is 1. The number of hydrogen-bond acceptors (Lipinski definition) is 2. The zero-order valence-electron chi connectivity index (χ0n) is 7.00. The molecule has 0 amide bonds. The third-order valence-corrected chi connectivity index (χ3v) is 2.75. The van der Waals surface area contributed by atoms with E-state index in [0.717, 1.165) is 28.4 Å². The number of halogens is 1. The molecule has 0 N–H and O–H groups in total. The lowest BCUT2D eigenvalue weighted by Crippen LogP contribution is -1.98. The summed E-state index contributed by atoms with van der Waals surface area (Å²) in [5.41, 5.74) is 0.701. The van der Waals surface area contributed by atoms with E-state index in [1.54, 1.807) is 6.07 Å². The molecule has 0 spiro atoms. The van der Waals surface area contributed by atoms with E-state index in [2.05, 4.69) is 22.6 Å². The molecule has 1 aliphatic carbocycles. The van der Waals surface area contributed by atoms with Gasteiger partial charge in [-0.3, -0.25) is 4.79 Å². The molecule has 1 aromatic rings. The molecule has 2 nitrogen and oxygen atoms in total. The van der Waals surface area contributed by atoms with Crippen molar-refractivity contribution >= 4 is 28.9 Å². The van der Waals surface area contributed by atoms with Crippen LogP contribution in [0.4, 0.5) is 0 Å². The van der Waals surface area contributed by atoms with Gasteiger partial charge in [-0.1, -0.05) is 0 Å².